The number of sulfonamides is 1. The number of aliphatic hydroxyl groups is 2. The zero-order chi connectivity index (χ0) is 15.3. The minimum atomic E-state index is -4.14. The number of hydrogen-bond donors (Lipinski definition) is 2. The van der Waals surface area contributed by atoms with E-state index in [9.17, 15) is 18.5 Å². The van der Waals surface area contributed by atoms with Crippen LogP contribution < -0.4 is 0 Å². The fourth-order valence-corrected chi connectivity index (χ4v) is 3.43. The molecule has 0 amide bonds. The summed E-state index contributed by atoms with van der Waals surface area (Å²) >= 11 is 5.78. The van der Waals surface area contributed by atoms with Gasteiger partial charge in [0.05, 0.1) is 23.2 Å². The summed E-state index contributed by atoms with van der Waals surface area (Å²) in [5.41, 5.74) is -0.416. The van der Waals surface area contributed by atoms with Crippen molar-refractivity contribution in [3.8, 4) is 0 Å². The van der Waals surface area contributed by atoms with Crippen LogP contribution in [0.15, 0.2) is 23.1 Å². The molecule has 0 radical (unpaired) electrons. The molecule has 0 saturated carbocycles. The Morgan fingerprint density at radius 1 is 1.25 bits per heavy atom. The monoisotopic (exact) mass is 324 g/mol. The first-order valence-corrected chi connectivity index (χ1v) is 7.32. The molecule has 112 valence electrons. The van der Waals surface area contributed by atoms with Crippen LogP contribution in [0.4, 0.5) is 5.69 Å². The van der Waals surface area contributed by atoms with Gasteiger partial charge in [-0.1, -0.05) is 11.6 Å². The summed E-state index contributed by atoms with van der Waals surface area (Å²) in [6, 6.07) is 3.05. The Kier molecular flexibility index (Phi) is 5.84. The van der Waals surface area contributed by atoms with Crippen LogP contribution in [0.1, 0.15) is 0 Å². The molecule has 2 N–H and O–H groups in total. The standard InChI is InChI=1S/C10H13ClN2O6S/c11-9-2-1-8(13(16)17)7-10(9)20(18,19)12(3-5-14)4-6-15/h1-2,7,14-15H,3-6H2. The van der Waals surface area contributed by atoms with Crippen molar-refractivity contribution in [3.63, 3.8) is 0 Å². The predicted octanol–water partition coefficient (Wildman–Crippen LogP) is 0.224. The van der Waals surface area contributed by atoms with Gasteiger partial charge in [-0.25, -0.2) is 8.42 Å². The molecule has 0 fully saturated rings. The van der Waals surface area contributed by atoms with Crippen LogP contribution in [-0.4, -0.2) is 54.2 Å². The summed E-state index contributed by atoms with van der Waals surface area (Å²) in [5, 5.41) is 28.2. The lowest BCUT2D eigenvalue weighted by molar-refractivity contribution is -0.385. The normalized spacial score (nSPS) is 11.8. The largest absolute Gasteiger partial charge is 0.395 e. The van der Waals surface area contributed by atoms with E-state index in [1.165, 1.54) is 0 Å². The highest BCUT2D eigenvalue weighted by atomic mass is 35.5. The number of benzene rings is 1. The van der Waals surface area contributed by atoms with Gasteiger partial charge in [-0.15, -0.1) is 0 Å². The van der Waals surface area contributed by atoms with Gasteiger partial charge in [0.2, 0.25) is 10.0 Å². The molecular formula is C10H13ClN2O6S. The van der Waals surface area contributed by atoms with Gasteiger partial charge in [-0.2, -0.15) is 4.31 Å². The first-order chi connectivity index (χ1) is 9.34. The van der Waals surface area contributed by atoms with E-state index < -0.39 is 38.7 Å². The molecule has 0 aliphatic rings. The molecule has 0 heterocycles. The molecule has 0 unspecified atom stereocenters. The smallest absolute Gasteiger partial charge is 0.270 e. The minimum Gasteiger partial charge on any atom is -0.395 e. The van der Waals surface area contributed by atoms with Gasteiger partial charge in [0.1, 0.15) is 4.90 Å². The van der Waals surface area contributed by atoms with Crippen molar-refractivity contribution in [2.24, 2.45) is 0 Å². The maximum atomic E-state index is 12.3. The average Bonchev–Trinajstić information content (AvgIpc) is 2.38. The van der Waals surface area contributed by atoms with Gasteiger partial charge in [0, 0.05) is 25.2 Å². The maximum absolute atomic E-state index is 12.3. The number of non-ortho nitro benzene ring substituents is 1. The van der Waals surface area contributed by atoms with E-state index in [1.807, 2.05) is 0 Å². The number of nitro benzene ring substituents is 1. The van der Waals surface area contributed by atoms with Gasteiger partial charge in [-0.3, -0.25) is 10.1 Å². The topological polar surface area (TPSA) is 121 Å². The molecule has 0 bridgehead atoms. The molecule has 1 aromatic carbocycles. The summed E-state index contributed by atoms with van der Waals surface area (Å²) in [4.78, 5) is 9.51. The second-order valence-corrected chi connectivity index (χ2v) is 6.04. The third-order valence-corrected chi connectivity index (χ3v) is 4.82. The Labute approximate surface area is 120 Å². The Balaban J connectivity index is 3.32. The SMILES string of the molecule is O=[N+]([O-])c1ccc(Cl)c(S(=O)(=O)N(CCO)CCO)c1. The third kappa shape index (κ3) is 3.64. The highest BCUT2D eigenvalue weighted by Gasteiger charge is 2.28. The number of nitrogens with zero attached hydrogens (tertiary/aromatic N) is 2. The molecule has 8 nitrogen and oxygen atoms in total. The molecule has 0 aliphatic carbocycles. The van der Waals surface area contributed by atoms with E-state index >= 15 is 0 Å². The number of rotatable bonds is 7. The Morgan fingerprint density at radius 3 is 2.25 bits per heavy atom. The van der Waals surface area contributed by atoms with E-state index in [1.54, 1.807) is 0 Å². The second kappa shape index (κ2) is 6.95. The van der Waals surface area contributed by atoms with E-state index in [-0.39, 0.29) is 18.1 Å². The fourth-order valence-electron chi connectivity index (χ4n) is 1.52. The molecule has 0 spiro atoms. The van der Waals surface area contributed by atoms with Crippen molar-refractivity contribution in [2.45, 2.75) is 4.90 Å². The Hall–Kier alpha value is -1.26. The van der Waals surface area contributed by atoms with Gasteiger partial charge < -0.3 is 10.2 Å². The molecule has 0 aromatic heterocycles. The molecule has 0 atom stereocenters. The lowest BCUT2D eigenvalue weighted by Crippen LogP contribution is -2.36. The third-order valence-electron chi connectivity index (χ3n) is 2.44. The maximum Gasteiger partial charge on any atom is 0.270 e. The first-order valence-electron chi connectivity index (χ1n) is 5.50. The number of hydrogen-bond acceptors (Lipinski definition) is 6. The molecule has 0 aliphatic heterocycles. The molecular weight excluding hydrogens is 312 g/mol. The van der Waals surface area contributed by atoms with E-state index in [4.69, 9.17) is 21.8 Å². The predicted molar refractivity (Wildman–Crippen MR) is 71.0 cm³/mol. The van der Waals surface area contributed by atoms with Crippen LogP contribution in [0.25, 0.3) is 0 Å². The Morgan fingerprint density at radius 2 is 1.80 bits per heavy atom. The quantitative estimate of drug-likeness (QED) is 0.547. The lowest BCUT2D eigenvalue weighted by Gasteiger charge is -2.20. The van der Waals surface area contributed by atoms with Crippen molar-refractivity contribution in [2.75, 3.05) is 26.3 Å². The average molecular weight is 325 g/mol. The van der Waals surface area contributed by atoms with Crippen LogP contribution in [0.3, 0.4) is 0 Å². The van der Waals surface area contributed by atoms with E-state index in [0.717, 1.165) is 22.5 Å². The second-order valence-electron chi connectivity index (χ2n) is 3.72. The highest BCUT2D eigenvalue weighted by Crippen LogP contribution is 2.28. The first kappa shape index (κ1) is 16.8. The zero-order valence-corrected chi connectivity index (χ0v) is 11.8. The number of nitro groups is 1. The molecule has 1 aromatic rings. The van der Waals surface area contributed by atoms with Crippen LogP contribution in [0.5, 0.6) is 0 Å². The summed E-state index contributed by atoms with van der Waals surface area (Å²) in [5.74, 6) is 0. The van der Waals surface area contributed by atoms with Crippen LogP contribution in [-0.2, 0) is 10.0 Å². The van der Waals surface area contributed by atoms with Crippen molar-refractivity contribution in [1.29, 1.82) is 0 Å². The lowest BCUT2D eigenvalue weighted by atomic mass is 10.3. The molecule has 20 heavy (non-hydrogen) atoms. The van der Waals surface area contributed by atoms with Crippen molar-refractivity contribution >= 4 is 27.3 Å². The minimum absolute atomic E-state index is 0.170. The van der Waals surface area contributed by atoms with E-state index in [0.29, 0.717) is 0 Å². The highest BCUT2D eigenvalue weighted by molar-refractivity contribution is 7.89. The number of halogens is 1. The van der Waals surface area contributed by atoms with Crippen LogP contribution >= 0.6 is 11.6 Å². The molecule has 10 heteroatoms. The van der Waals surface area contributed by atoms with Crippen molar-refractivity contribution < 1.29 is 23.6 Å². The van der Waals surface area contributed by atoms with Crippen LogP contribution in [0, 0.1) is 10.1 Å². The fraction of sp³-hybridized carbons (Fsp3) is 0.400. The summed E-state index contributed by atoms with van der Waals surface area (Å²) in [7, 11) is -4.14. The summed E-state index contributed by atoms with van der Waals surface area (Å²) in [6.07, 6.45) is 0. The molecule has 1 rings (SSSR count). The number of aliphatic hydroxyl groups excluding tert-OH is 2. The van der Waals surface area contributed by atoms with Gasteiger partial charge >= 0.3 is 0 Å². The van der Waals surface area contributed by atoms with E-state index in [2.05, 4.69) is 0 Å². The van der Waals surface area contributed by atoms with Crippen molar-refractivity contribution in [3.05, 3.63) is 33.3 Å². The van der Waals surface area contributed by atoms with Crippen LogP contribution in [0.2, 0.25) is 5.02 Å². The van der Waals surface area contributed by atoms with Gasteiger partial charge in [0.25, 0.3) is 5.69 Å². The summed E-state index contributed by atoms with van der Waals surface area (Å²) in [6.45, 7) is -1.40. The summed E-state index contributed by atoms with van der Waals surface area (Å²) < 4.78 is 25.4. The van der Waals surface area contributed by atoms with Gasteiger partial charge in [0.15, 0.2) is 0 Å². The molecule has 0 saturated heterocycles. The van der Waals surface area contributed by atoms with Crippen molar-refractivity contribution in [1.82, 2.24) is 4.31 Å². The Bertz CT molecular complexity index is 585. The zero-order valence-electron chi connectivity index (χ0n) is 10.3. The van der Waals surface area contributed by atoms with Gasteiger partial charge in [-0.05, 0) is 6.07 Å².